The zero-order valence-electron chi connectivity index (χ0n) is 17.3. The van der Waals surface area contributed by atoms with Gasteiger partial charge in [0.05, 0.1) is 5.41 Å². The van der Waals surface area contributed by atoms with Crippen molar-refractivity contribution in [2.75, 3.05) is 39.8 Å². The largest absolute Gasteiger partial charge is 0.340 e. The Kier molecular flexibility index (Phi) is 5.78. The molecule has 0 bridgehead atoms. The Morgan fingerprint density at radius 2 is 1.93 bits per heavy atom. The molecule has 1 aromatic rings. The summed E-state index contributed by atoms with van der Waals surface area (Å²) in [5, 5.41) is 0. The number of aryl methyl sites for hydroxylation is 1. The Hall–Kier alpha value is -1.79. The molecular weight excluding hydrogens is 350 g/mol. The molecule has 1 aliphatic carbocycles. The first-order valence-corrected chi connectivity index (χ1v) is 10.8. The summed E-state index contributed by atoms with van der Waals surface area (Å²) in [4.78, 5) is 29.6. The predicted octanol–water partition coefficient (Wildman–Crippen LogP) is 2.11. The molecule has 28 heavy (non-hydrogen) atoms. The van der Waals surface area contributed by atoms with Crippen molar-refractivity contribution < 1.29 is 4.79 Å². The number of nitrogens with zero attached hydrogens (tertiary/aromatic N) is 5. The van der Waals surface area contributed by atoms with Crippen LogP contribution < -0.4 is 0 Å². The van der Waals surface area contributed by atoms with Crippen LogP contribution in [0.5, 0.6) is 0 Å². The molecule has 0 N–H and O–H groups in total. The van der Waals surface area contributed by atoms with Crippen LogP contribution >= 0.6 is 0 Å². The van der Waals surface area contributed by atoms with Gasteiger partial charge < -0.3 is 9.80 Å². The summed E-state index contributed by atoms with van der Waals surface area (Å²) in [6.07, 6.45) is 13.4. The number of likely N-dealkylation sites (N-methyl/N-ethyl adjacent to an activating group) is 1. The van der Waals surface area contributed by atoms with E-state index in [2.05, 4.69) is 50.8 Å². The smallest absolute Gasteiger partial charge is 0.230 e. The molecule has 0 aromatic carbocycles. The zero-order valence-corrected chi connectivity index (χ0v) is 17.3. The summed E-state index contributed by atoms with van der Waals surface area (Å²) in [5.41, 5.74) is 0.882. The lowest BCUT2D eigenvalue weighted by molar-refractivity contribution is -0.146. The number of aromatic nitrogens is 2. The highest BCUT2D eigenvalue weighted by molar-refractivity contribution is 5.84. The monoisotopic (exact) mass is 383 g/mol. The van der Waals surface area contributed by atoms with Gasteiger partial charge in [-0.05, 0) is 26.3 Å². The van der Waals surface area contributed by atoms with Gasteiger partial charge in [0, 0.05) is 69.7 Å². The van der Waals surface area contributed by atoms with Crippen molar-refractivity contribution in [3.63, 3.8) is 0 Å². The number of hydrogen-bond donors (Lipinski definition) is 0. The first-order valence-electron chi connectivity index (χ1n) is 10.8. The molecule has 6 nitrogen and oxygen atoms in total. The lowest BCUT2D eigenvalue weighted by atomic mass is 9.77. The summed E-state index contributed by atoms with van der Waals surface area (Å²) >= 11 is 0. The van der Waals surface area contributed by atoms with Gasteiger partial charge >= 0.3 is 0 Å². The van der Waals surface area contributed by atoms with Gasteiger partial charge in [-0.3, -0.25) is 9.69 Å². The van der Waals surface area contributed by atoms with Gasteiger partial charge in [0.1, 0.15) is 5.82 Å². The number of allylic oxidation sites excluding steroid dienone is 1. The average molecular weight is 384 g/mol. The van der Waals surface area contributed by atoms with Crippen molar-refractivity contribution in [2.45, 2.75) is 51.6 Å². The van der Waals surface area contributed by atoms with Crippen LogP contribution in [0.1, 0.15) is 44.0 Å². The van der Waals surface area contributed by atoms with E-state index in [0.717, 1.165) is 82.8 Å². The molecule has 4 rings (SSSR count). The molecule has 1 amide bonds. The minimum atomic E-state index is -0.257. The molecule has 1 saturated heterocycles. The summed E-state index contributed by atoms with van der Waals surface area (Å²) in [6.45, 7) is 7.47. The van der Waals surface area contributed by atoms with Crippen LogP contribution in [0.2, 0.25) is 0 Å². The van der Waals surface area contributed by atoms with Gasteiger partial charge in [0.25, 0.3) is 0 Å². The highest BCUT2D eigenvalue weighted by Gasteiger charge is 2.52. The summed E-state index contributed by atoms with van der Waals surface area (Å²) in [7, 11) is 2.14. The highest BCUT2D eigenvalue weighted by atomic mass is 16.2. The van der Waals surface area contributed by atoms with E-state index >= 15 is 0 Å². The number of hydrogen-bond acceptors (Lipinski definition) is 5. The van der Waals surface area contributed by atoms with Crippen molar-refractivity contribution in [1.82, 2.24) is 24.7 Å². The normalized spacial score (nSPS) is 28.9. The van der Waals surface area contributed by atoms with Crippen LogP contribution in [0.25, 0.3) is 0 Å². The van der Waals surface area contributed by atoms with E-state index in [0.29, 0.717) is 11.9 Å². The van der Waals surface area contributed by atoms with Crippen molar-refractivity contribution in [1.29, 1.82) is 0 Å². The molecule has 6 heteroatoms. The van der Waals surface area contributed by atoms with E-state index in [1.807, 2.05) is 12.4 Å². The van der Waals surface area contributed by atoms with E-state index in [1.54, 1.807) is 0 Å². The molecule has 152 valence electrons. The molecule has 2 fully saturated rings. The van der Waals surface area contributed by atoms with E-state index in [4.69, 9.17) is 0 Å². The minimum absolute atomic E-state index is 0.257. The van der Waals surface area contributed by atoms with E-state index < -0.39 is 0 Å². The lowest BCUT2D eigenvalue weighted by Crippen LogP contribution is -2.56. The second kappa shape index (κ2) is 8.29. The van der Waals surface area contributed by atoms with Gasteiger partial charge in [0.2, 0.25) is 5.91 Å². The molecule has 3 aliphatic rings. The van der Waals surface area contributed by atoms with Gasteiger partial charge in [-0.2, -0.15) is 0 Å². The van der Waals surface area contributed by atoms with Crippen molar-refractivity contribution in [2.24, 2.45) is 5.41 Å². The average Bonchev–Trinajstić information content (AvgIpc) is 3.08. The summed E-state index contributed by atoms with van der Waals surface area (Å²) in [5.74, 6) is 1.28. The van der Waals surface area contributed by atoms with E-state index in [-0.39, 0.29) is 5.41 Å². The quantitative estimate of drug-likeness (QED) is 0.746. The Labute approximate surface area is 168 Å². The second-order valence-corrected chi connectivity index (χ2v) is 8.63. The Morgan fingerprint density at radius 1 is 1.18 bits per heavy atom. The predicted molar refractivity (Wildman–Crippen MR) is 110 cm³/mol. The van der Waals surface area contributed by atoms with Crippen LogP contribution in [-0.2, 0) is 17.8 Å². The van der Waals surface area contributed by atoms with Crippen LogP contribution in [0.15, 0.2) is 24.5 Å². The molecule has 0 unspecified atom stereocenters. The van der Waals surface area contributed by atoms with Crippen LogP contribution in [0, 0.1) is 5.41 Å². The zero-order chi connectivity index (χ0) is 19.6. The fourth-order valence-corrected chi connectivity index (χ4v) is 5.17. The summed E-state index contributed by atoms with van der Waals surface area (Å²) < 4.78 is 0. The third-order valence-electron chi connectivity index (χ3n) is 6.84. The number of rotatable bonds is 4. The topological polar surface area (TPSA) is 52.6 Å². The second-order valence-electron chi connectivity index (χ2n) is 8.63. The lowest BCUT2D eigenvalue weighted by Gasteiger charge is -2.43. The molecule has 1 saturated carbocycles. The Balaban J connectivity index is 1.54. The fraction of sp³-hybridized carbons (Fsp3) is 0.682. The number of carbonyl (C=O) groups is 1. The van der Waals surface area contributed by atoms with Gasteiger partial charge in [0.15, 0.2) is 0 Å². The first kappa shape index (κ1) is 19.5. The van der Waals surface area contributed by atoms with Crippen molar-refractivity contribution in [3.8, 4) is 0 Å². The molecule has 0 radical (unpaired) electrons. The van der Waals surface area contributed by atoms with E-state index in [9.17, 15) is 4.79 Å². The maximum atomic E-state index is 13.7. The molecular formula is C22H33N5O. The summed E-state index contributed by atoms with van der Waals surface area (Å²) in [6, 6.07) is 0.306. The first-order chi connectivity index (χ1) is 13.6. The number of amides is 1. The van der Waals surface area contributed by atoms with E-state index in [1.165, 1.54) is 0 Å². The van der Waals surface area contributed by atoms with Gasteiger partial charge in [-0.1, -0.05) is 25.5 Å². The van der Waals surface area contributed by atoms with Crippen molar-refractivity contribution >= 4 is 5.91 Å². The maximum absolute atomic E-state index is 13.7. The molecule has 3 heterocycles. The molecule has 2 aliphatic heterocycles. The van der Waals surface area contributed by atoms with Crippen LogP contribution in [0.3, 0.4) is 0 Å². The maximum Gasteiger partial charge on any atom is 0.230 e. The highest BCUT2D eigenvalue weighted by Crippen LogP contribution is 2.47. The molecule has 1 aromatic heterocycles. The molecule has 0 spiro atoms. The number of piperazine rings is 1. The Bertz CT molecular complexity index is 710. The number of carbonyl (C=O) groups excluding carboxylic acids is 1. The third-order valence-corrected chi connectivity index (χ3v) is 6.84. The Morgan fingerprint density at radius 3 is 2.64 bits per heavy atom. The minimum Gasteiger partial charge on any atom is -0.340 e. The van der Waals surface area contributed by atoms with Crippen LogP contribution in [0.4, 0.5) is 0 Å². The van der Waals surface area contributed by atoms with Gasteiger partial charge in [-0.15, -0.1) is 0 Å². The molecule has 2 atom stereocenters. The standard InChI is InChI=1S/C22H33N5O/c1-3-20-23-15-18(16-24-20)17-27-10-5-4-8-22(9-6-7-19(22)27)21(28)26-13-11-25(2)12-14-26/h4-5,15-16,19H,3,6-14,17H2,1-2H3/t19-,22-/m1/s1. The SMILES string of the molecule is CCc1ncc(CN2CC=CC[C@@]3(C(=O)N4CCN(C)CC4)CCC[C@@H]23)cn1. The van der Waals surface area contributed by atoms with Crippen molar-refractivity contribution in [3.05, 3.63) is 35.9 Å². The third kappa shape index (κ3) is 3.72. The van der Waals surface area contributed by atoms with Gasteiger partial charge in [-0.25, -0.2) is 9.97 Å². The fourth-order valence-electron chi connectivity index (χ4n) is 5.17. The number of fused-ring (bicyclic) bond motifs is 1. The van der Waals surface area contributed by atoms with Crippen LogP contribution in [-0.4, -0.2) is 76.4 Å².